The summed E-state index contributed by atoms with van der Waals surface area (Å²) < 4.78 is 1.00. The molecule has 1 heterocycles. The van der Waals surface area contributed by atoms with Gasteiger partial charge in [-0.2, -0.15) is 0 Å². The third-order valence-electron chi connectivity index (χ3n) is 2.42. The van der Waals surface area contributed by atoms with E-state index in [1.165, 1.54) is 0 Å². The minimum absolute atomic E-state index is 0.771. The second kappa shape index (κ2) is 6.19. The predicted octanol–water partition coefficient (Wildman–Crippen LogP) is 3.16. The molecule has 0 aliphatic carbocycles. The van der Waals surface area contributed by atoms with E-state index >= 15 is 0 Å². The van der Waals surface area contributed by atoms with Crippen LogP contribution in [0.3, 0.4) is 0 Å². The predicted molar refractivity (Wildman–Crippen MR) is 73.2 cm³/mol. The molecule has 0 amide bonds. The van der Waals surface area contributed by atoms with Gasteiger partial charge in [-0.05, 0) is 17.7 Å². The first kappa shape index (κ1) is 12.6. The molecule has 2 aromatic rings. The lowest BCUT2D eigenvalue weighted by Crippen LogP contribution is -2.17. The number of hydrogen-bond donors (Lipinski definition) is 2. The van der Waals surface area contributed by atoms with Gasteiger partial charge >= 0.3 is 0 Å². The molecule has 2 rings (SSSR count). The maximum Gasteiger partial charge on any atom is 0.107 e. The van der Waals surface area contributed by atoms with E-state index in [0.29, 0.717) is 0 Å². The van der Waals surface area contributed by atoms with Crippen LogP contribution in [-0.4, -0.2) is 16.5 Å². The van der Waals surface area contributed by atoms with E-state index in [9.17, 15) is 0 Å². The van der Waals surface area contributed by atoms with Crippen LogP contribution in [0.25, 0.3) is 0 Å². The fraction of sp³-hybridized carbons (Fsp3) is 0.250. The molecule has 5 heteroatoms. The summed E-state index contributed by atoms with van der Waals surface area (Å²) in [4.78, 5) is 7.23. The number of benzene rings is 1. The Morgan fingerprint density at radius 3 is 3.00 bits per heavy atom. The van der Waals surface area contributed by atoms with Crippen molar-refractivity contribution in [2.24, 2.45) is 0 Å². The lowest BCUT2D eigenvalue weighted by atomic mass is 10.2. The molecule has 0 aliphatic heterocycles. The summed E-state index contributed by atoms with van der Waals surface area (Å²) in [6.45, 7) is 1.65. The molecule has 3 nitrogen and oxygen atoms in total. The lowest BCUT2D eigenvalue weighted by Gasteiger charge is -2.06. The Labute approximate surface area is 114 Å². The standard InChI is InChI=1S/C12H13BrClN3/c13-10-2-1-9(11(14)7-10)8-15-4-3-12-16-5-6-17-12/h1-2,5-7,15H,3-4,8H2,(H,16,17). The first-order chi connectivity index (χ1) is 8.25. The van der Waals surface area contributed by atoms with Crippen molar-refractivity contribution in [1.29, 1.82) is 0 Å². The Morgan fingerprint density at radius 2 is 2.29 bits per heavy atom. The van der Waals surface area contributed by atoms with E-state index in [1.54, 1.807) is 6.20 Å². The first-order valence-corrected chi connectivity index (χ1v) is 6.55. The Bertz CT molecular complexity index is 471. The smallest absolute Gasteiger partial charge is 0.107 e. The van der Waals surface area contributed by atoms with Gasteiger partial charge in [0.05, 0.1) is 0 Å². The van der Waals surface area contributed by atoms with Crippen LogP contribution in [0.1, 0.15) is 11.4 Å². The third kappa shape index (κ3) is 3.84. The van der Waals surface area contributed by atoms with E-state index in [-0.39, 0.29) is 0 Å². The number of nitrogens with zero attached hydrogens (tertiary/aromatic N) is 1. The minimum Gasteiger partial charge on any atom is -0.349 e. The van der Waals surface area contributed by atoms with Gasteiger partial charge in [0.15, 0.2) is 0 Å². The summed E-state index contributed by atoms with van der Waals surface area (Å²) in [6, 6.07) is 5.92. The summed E-state index contributed by atoms with van der Waals surface area (Å²) in [5.74, 6) is 0.999. The zero-order valence-electron chi connectivity index (χ0n) is 9.21. The van der Waals surface area contributed by atoms with Gasteiger partial charge in [0, 0.05) is 41.4 Å². The zero-order valence-corrected chi connectivity index (χ0v) is 11.6. The second-order valence-corrected chi connectivity index (χ2v) is 5.02. The van der Waals surface area contributed by atoms with E-state index in [0.717, 1.165) is 40.4 Å². The van der Waals surface area contributed by atoms with Crippen molar-refractivity contribution in [2.45, 2.75) is 13.0 Å². The molecule has 0 radical (unpaired) electrons. The molecule has 0 atom stereocenters. The molecule has 0 saturated heterocycles. The SMILES string of the molecule is Clc1cc(Br)ccc1CNCCc1ncc[nH]1. The van der Waals surface area contributed by atoms with Crippen LogP contribution in [0.15, 0.2) is 35.1 Å². The van der Waals surface area contributed by atoms with Crippen molar-refractivity contribution < 1.29 is 0 Å². The summed E-state index contributed by atoms with van der Waals surface area (Å²) in [5.41, 5.74) is 1.11. The van der Waals surface area contributed by atoms with Crippen molar-refractivity contribution in [3.63, 3.8) is 0 Å². The van der Waals surface area contributed by atoms with Crippen molar-refractivity contribution in [2.75, 3.05) is 6.54 Å². The molecule has 1 aromatic carbocycles. The molecule has 2 N–H and O–H groups in total. The van der Waals surface area contributed by atoms with Gasteiger partial charge in [0.1, 0.15) is 5.82 Å². The molecule has 17 heavy (non-hydrogen) atoms. The number of halogens is 2. The van der Waals surface area contributed by atoms with E-state index < -0.39 is 0 Å². The highest BCUT2D eigenvalue weighted by atomic mass is 79.9. The highest BCUT2D eigenvalue weighted by molar-refractivity contribution is 9.10. The van der Waals surface area contributed by atoms with Crippen molar-refractivity contribution in [1.82, 2.24) is 15.3 Å². The summed E-state index contributed by atoms with van der Waals surface area (Å²) in [5, 5.41) is 4.12. The van der Waals surface area contributed by atoms with Crippen LogP contribution in [0, 0.1) is 0 Å². The molecule has 0 aliphatic rings. The average Bonchev–Trinajstić information content (AvgIpc) is 2.79. The van der Waals surface area contributed by atoms with Crippen LogP contribution >= 0.6 is 27.5 Å². The van der Waals surface area contributed by atoms with Gasteiger partial charge in [-0.1, -0.05) is 33.6 Å². The molecular weight excluding hydrogens is 302 g/mol. The number of aromatic nitrogens is 2. The van der Waals surface area contributed by atoms with Gasteiger partial charge < -0.3 is 10.3 Å². The Kier molecular flexibility index (Phi) is 4.59. The number of imidazole rings is 1. The van der Waals surface area contributed by atoms with E-state index in [2.05, 4.69) is 31.2 Å². The normalized spacial score (nSPS) is 10.7. The minimum atomic E-state index is 0.771. The summed E-state index contributed by atoms with van der Waals surface area (Å²) >= 11 is 9.51. The fourth-order valence-electron chi connectivity index (χ4n) is 1.53. The maximum absolute atomic E-state index is 6.12. The topological polar surface area (TPSA) is 40.7 Å². The Balaban J connectivity index is 1.78. The third-order valence-corrected chi connectivity index (χ3v) is 3.27. The van der Waals surface area contributed by atoms with Crippen LogP contribution in [0.5, 0.6) is 0 Å². The highest BCUT2D eigenvalue weighted by Crippen LogP contribution is 2.20. The van der Waals surface area contributed by atoms with Gasteiger partial charge in [-0.15, -0.1) is 0 Å². The monoisotopic (exact) mass is 313 g/mol. The number of rotatable bonds is 5. The number of nitrogens with one attached hydrogen (secondary N) is 2. The van der Waals surface area contributed by atoms with E-state index in [4.69, 9.17) is 11.6 Å². The molecule has 0 fully saturated rings. The molecule has 0 bridgehead atoms. The van der Waals surface area contributed by atoms with Crippen LogP contribution < -0.4 is 5.32 Å². The molecule has 0 unspecified atom stereocenters. The molecule has 0 saturated carbocycles. The quantitative estimate of drug-likeness (QED) is 0.832. The summed E-state index contributed by atoms with van der Waals surface area (Å²) in [7, 11) is 0. The zero-order chi connectivity index (χ0) is 12.1. The van der Waals surface area contributed by atoms with Gasteiger partial charge in [0.25, 0.3) is 0 Å². The van der Waals surface area contributed by atoms with Gasteiger partial charge in [-0.3, -0.25) is 0 Å². The molecule has 1 aromatic heterocycles. The van der Waals surface area contributed by atoms with Crippen molar-refractivity contribution in [3.8, 4) is 0 Å². The van der Waals surface area contributed by atoms with Crippen molar-refractivity contribution in [3.05, 3.63) is 51.5 Å². The number of hydrogen-bond acceptors (Lipinski definition) is 2. The molecule has 90 valence electrons. The van der Waals surface area contributed by atoms with Crippen molar-refractivity contribution >= 4 is 27.5 Å². The van der Waals surface area contributed by atoms with Gasteiger partial charge in [-0.25, -0.2) is 4.98 Å². The highest BCUT2D eigenvalue weighted by Gasteiger charge is 2.00. The number of aromatic amines is 1. The van der Waals surface area contributed by atoms with Crippen LogP contribution in [0.4, 0.5) is 0 Å². The molecule has 0 spiro atoms. The summed E-state index contributed by atoms with van der Waals surface area (Å²) in [6.07, 6.45) is 4.49. The largest absolute Gasteiger partial charge is 0.349 e. The average molecular weight is 315 g/mol. The maximum atomic E-state index is 6.12. The first-order valence-electron chi connectivity index (χ1n) is 5.38. The Morgan fingerprint density at radius 1 is 1.41 bits per heavy atom. The lowest BCUT2D eigenvalue weighted by molar-refractivity contribution is 0.674. The molecular formula is C12H13BrClN3. The second-order valence-electron chi connectivity index (χ2n) is 3.70. The van der Waals surface area contributed by atoms with Crippen LogP contribution in [0.2, 0.25) is 5.02 Å². The number of H-pyrrole nitrogens is 1. The van der Waals surface area contributed by atoms with E-state index in [1.807, 2.05) is 24.4 Å². The fourth-order valence-corrected chi connectivity index (χ4v) is 2.27. The Hall–Kier alpha value is -0.840. The van der Waals surface area contributed by atoms with Crippen LogP contribution in [-0.2, 0) is 13.0 Å². The van der Waals surface area contributed by atoms with Gasteiger partial charge in [0.2, 0.25) is 0 Å².